The van der Waals surface area contributed by atoms with E-state index in [1.165, 1.54) is 5.56 Å². The Hall–Kier alpha value is -1.51. The highest BCUT2D eigenvalue weighted by molar-refractivity contribution is 5.79. The van der Waals surface area contributed by atoms with Crippen LogP contribution in [0.15, 0.2) is 29.3 Å². The van der Waals surface area contributed by atoms with E-state index in [9.17, 15) is 0 Å². The summed E-state index contributed by atoms with van der Waals surface area (Å²) in [7, 11) is 0. The maximum absolute atomic E-state index is 5.28. The molecule has 0 atom stereocenters. The number of hydrogen-bond donors (Lipinski definition) is 2. The number of aryl methyl sites for hydroxylation is 1. The molecule has 0 aliphatic heterocycles. The predicted molar refractivity (Wildman–Crippen MR) is 55.9 cm³/mol. The summed E-state index contributed by atoms with van der Waals surface area (Å²) < 4.78 is 0. The van der Waals surface area contributed by atoms with Crippen LogP contribution in [0.2, 0.25) is 0 Å². The van der Waals surface area contributed by atoms with Crippen molar-refractivity contribution < 1.29 is 0 Å². The molecule has 0 aliphatic carbocycles. The van der Waals surface area contributed by atoms with Gasteiger partial charge in [-0.15, -0.1) is 0 Å². The second kappa shape index (κ2) is 4.50. The highest BCUT2D eigenvalue weighted by Gasteiger charge is 1.93. The van der Waals surface area contributed by atoms with Crippen molar-refractivity contribution in [2.45, 2.75) is 19.8 Å². The highest BCUT2D eigenvalue weighted by atomic mass is 15.0. The summed E-state index contributed by atoms with van der Waals surface area (Å²) in [6.45, 7) is 2.15. The predicted octanol–water partition coefficient (Wildman–Crippen LogP) is 1.54. The summed E-state index contributed by atoms with van der Waals surface area (Å²) in [5.74, 6) is 0.105. The van der Waals surface area contributed by atoms with Crippen LogP contribution in [-0.4, -0.2) is 5.96 Å². The van der Waals surface area contributed by atoms with Crippen LogP contribution in [0.25, 0.3) is 0 Å². The van der Waals surface area contributed by atoms with Gasteiger partial charge in [0.05, 0.1) is 5.69 Å². The van der Waals surface area contributed by atoms with Gasteiger partial charge in [-0.3, -0.25) is 0 Å². The Morgan fingerprint density at radius 3 is 2.77 bits per heavy atom. The third-order valence-electron chi connectivity index (χ3n) is 1.71. The molecule has 0 saturated heterocycles. The van der Waals surface area contributed by atoms with Crippen molar-refractivity contribution in [3.05, 3.63) is 29.8 Å². The van der Waals surface area contributed by atoms with Crippen LogP contribution in [-0.2, 0) is 6.42 Å². The van der Waals surface area contributed by atoms with E-state index in [0.29, 0.717) is 0 Å². The minimum Gasteiger partial charge on any atom is -0.370 e. The minimum atomic E-state index is 0.105. The van der Waals surface area contributed by atoms with Crippen LogP contribution < -0.4 is 11.5 Å². The van der Waals surface area contributed by atoms with E-state index in [2.05, 4.69) is 18.0 Å². The number of benzene rings is 1. The summed E-state index contributed by atoms with van der Waals surface area (Å²) in [6.07, 6.45) is 2.19. The summed E-state index contributed by atoms with van der Waals surface area (Å²) in [5.41, 5.74) is 12.6. The number of rotatable bonds is 3. The van der Waals surface area contributed by atoms with Crippen molar-refractivity contribution in [3.8, 4) is 0 Å². The fourth-order valence-corrected chi connectivity index (χ4v) is 1.22. The Bertz CT molecular complexity index is 301. The number of guanidine groups is 1. The third-order valence-corrected chi connectivity index (χ3v) is 1.71. The van der Waals surface area contributed by atoms with Gasteiger partial charge in [0.25, 0.3) is 0 Å². The van der Waals surface area contributed by atoms with E-state index < -0.39 is 0 Å². The minimum absolute atomic E-state index is 0.105. The van der Waals surface area contributed by atoms with E-state index in [4.69, 9.17) is 11.5 Å². The summed E-state index contributed by atoms with van der Waals surface area (Å²) in [4.78, 5) is 3.97. The second-order valence-corrected chi connectivity index (χ2v) is 2.96. The number of aliphatic imine (C=N–C) groups is 1. The van der Waals surface area contributed by atoms with Crippen molar-refractivity contribution in [1.29, 1.82) is 0 Å². The smallest absolute Gasteiger partial charge is 0.191 e. The van der Waals surface area contributed by atoms with Crippen LogP contribution in [0, 0.1) is 0 Å². The van der Waals surface area contributed by atoms with E-state index in [-0.39, 0.29) is 5.96 Å². The van der Waals surface area contributed by atoms with Crippen LogP contribution in [0.1, 0.15) is 18.9 Å². The van der Waals surface area contributed by atoms with Gasteiger partial charge in [-0.05, 0) is 24.1 Å². The van der Waals surface area contributed by atoms with Crippen LogP contribution >= 0.6 is 0 Å². The first-order valence-electron chi connectivity index (χ1n) is 4.41. The van der Waals surface area contributed by atoms with Gasteiger partial charge in [0.1, 0.15) is 0 Å². The topological polar surface area (TPSA) is 64.4 Å². The van der Waals surface area contributed by atoms with E-state index >= 15 is 0 Å². The summed E-state index contributed by atoms with van der Waals surface area (Å²) >= 11 is 0. The molecule has 0 amide bonds. The molecule has 0 heterocycles. The molecule has 0 aliphatic rings. The lowest BCUT2D eigenvalue weighted by molar-refractivity contribution is 0.922. The number of hydrogen-bond acceptors (Lipinski definition) is 1. The second-order valence-electron chi connectivity index (χ2n) is 2.96. The Labute approximate surface area is 78.5 Å². The zero-order chi connectivity index (χ0) is 9.68. The molecule has 1 rings (SSSR count). The van der Waals surface area contributed by atoms with Crippen LogP contribution in [0.5, 0.6) is 0 Å². The van der Waals surface area contributed by atoms with Gasteiger partial charge in [-0.2, -0.15) is 0 Å². The molecule has 13 heavy (non-hydrogen) atoms. The van der Waals surface area contributed by atoms with Gasteiger partial charge in [-0.25, -0.2) is 4.99 Å². The fraction of sp³-hybridized carbons (Fsp3) is 0.300. The molecule has 3 heteroatoms. The first-order chi connectivity index (χ1) is 6.22. The summed E-state index contributed by atoms with van der Waals surface area (Å²) in [6, 6.07) is 7.93. The zero-order valence-electron chi connectivity index (χ0n) is 7.83. The maximum Gasteiger partial charge on any atom is 0.191 e. The quantitative estimate of drug-likeness (QED) is 0.543. The molecule has 4 N–H and O–H groups in total. The lowest BCUT2D eigenvalue weighted by atomic mass is 10.1. The molecule has 1 aromatic rings. The molecule has 0 saturated carbocycles. The molecular weight excluding hydrogens is 162 g/mol. The van der Waals surface area contributed by atoms with Gasteiger partial charge in [-0.1, -0.05) is 25.5 Å². The highest BCUT2D eigenvalue weighted by Crippen LogP contribution is 2.14. The number of nitrogens with zero attached hydrogens (tertiary/aromatic N) is 1. The van der Waals surface area contributed by atoms with Crippen molar-refractivity contribution in [2.24, 2.45) is 16.5 Å². The largest absolute Gasteiger partial charge is 0.370 e. The standard InChI is InChI=1S/C10H15N3/c1-2-4-8-5-3-6-9(7-8)13-10(11)12/h3,5-7H,2,4H2,1H3,(H4,11,12,13). The van der Waals surface area contributed by atoms with E-state index in [0.717, 1.165) is 18.5 Å². The molecule has 3 nitrogen and oxygen atoms in total. The molecule has 0 spiro atoms. The molecule has 70 valence electrons. The zero-order valence-corrected chi connectivity index (χ0v) is 7.83. The Morgan fingerprint density at radius 1 is 1.38 bits per heavy atom. The molecule has 1 aromatic carbocycles. The van der Waals surface area contributed by atoms with E-state index in [1.54, 1.807) is 0 Å². The first-order valence-corrected chi connectivity index (χ1v) is 4.41. The van der Waals surface area contributed by atoms with Crippen molar-refractivity contribution in [3.63, 3.8) is 0 Å². The molecule has 0 bridgehead atoms. The average molecular weight is 177 g/mol. The monoisotopic (exact) mass is 177 g/mol. The van der Waals surface area contributed by atoms with Gasteiger partial charge >= 0.3 is 0 Å². The van der Waals surface area contributed by atoms with Crippen molar-refractivity contribution in [2.75, 3.05) is 0 Å². The Kier molecular flexibility index (Phi) is 3.31. The van der Waals surface area contributed by atoms with Gasteiger partial charge in [0.15, 0.2) is 5.96 Å². The van der Waals surface area contributed by atoms with Crippen molar-refractivity contribution >= 4 is 11.6 Å². The molecule has 0 unspecified atom stereocenters. The summed E-state index contributed by atoms with van der Waals surface area (Å²) in [5, 5.41) is 0. The Balaban J connectivity index is 2.85. The van der Waals surface area contributed by atoms with Crippen molar-refractivity contribution in [1.82, 2.24) is 0 Å². The lowest BCUT2D eigenvalue weighted by Gasteiger charge is -1.99. The first kappa shape index (κ1) is 9.58. The average Bonchev–Trinajstić information content (AvgIpc) is 2.04. The molecular formula is C10H15N3. The van der Waals surface area contributed by atoms with Crippen LogP contribution in [0.4, 0.5) is 5.69 Å². The fourth-order valence-electron chi connectivity index (χ4n) is 1.22. The normalized spacial score (nSPS) is 9.62. The van der Waals surface area contributed by atoms with Gasteiger partial charge in [0.2, 0.25) is 0 Å². The number of nitrogens with two attached hydrogens (primary N) is 2. The third kappa shape index (κ3) is 3.15. The Morgan fingerprint density at radius 2 is 2.15 bits per heavy atom. The van der Waals surface area contributed by atoms with Gasteiger partial charge in [0, 0.05) is 0 Å². The molecule has 0 aromatic heterocycles. The SMILES string of the molecule is CCCc1cccc(N=C(N)N)c1. The lowest BCUT2D eigenvalue weighted by Crippen LogP contribution is -2.21. The van der Waals surface area contributed by atoms with Crippen LogP contribution in [0.3, 0.4) is 0 Å². The molecule has 0 radical (unpaired) electrons. The molecule has 0 fully saturated rings. The van der Waals surface area contributed by atoms with E-state index in [1.807, 2.05) is 18.2 Å². The van der Waals surface area contributed by atoms with Gasteiger partial charge < -0.3 is 11.5 Å². The maximum atomic E-state index is 5.28.